The van der Waals surface area contributed by atoms with E-state index in [1.54, 1.807) is 43.5 Å². The number of hydrogen-bond donors (Lipinski definition) is 3. The molecule has 0 aliphatic carbocycles. The first-order valence-electron chi connectivity index (χ1n) is 11.5. The second kappa shape index (κ2) is 9.71. The summed E-state index contributed by atoms with van der Waals surface area (Å²) in [6.07, 6.45) is 0. The minimum absolute atomic E-state index is 0.0838. The average Bonchev–Trinajstić information content (AvgIpc) is 3.28. The fourth-order valence-electron chi connectivity index (χ4n) is 4.00. The van der Waals surface area contributed by atoms with Crippen LogP contribution in [0.4, 0.5) is 23.0 Å². The van der Waals surface area contributed by atoms with Crippen molar-refractivity contribution >= 4 is 34.6 Å². The van der Waals surface area contributed by atoms with Gasteiger partial charge in [-0.3, -0.25) is 4.79 Å². The molecule has 0 radical (unpaired) electrons. The van der Waals surface area contributed by atoms with E-state index in [0.29, 0.717) is 28.4 Å². The van der Waals surface area contributed by atoms with E-state index in [1.165, 1.54) is 4.52 Å². The van der Waals surface area contributed by atoms with Crippen LogP contribution in [0.15, 0.2) is 78.9 Å². The van der Waals surface area contributed by atoms with Gasteiger partial charge in [-0.25, -0.2) is 4.98 Å². The van der Waals surface area contributed by atoms with Crippen molar-refractivity contribution in [3.8, 4) is 23.1 Å². The Labute approximate surface area is 213 Å². The lowest BCUT2D eigenvalue weighted by Gasteiger charge is -2.10. The molecular weight excluding hydrogens is 466 g/mol. The summed E-state index contributed by atoms with van der Waals surface area (Å²) in [7, 11) is 1.59. The number of aromatic nitrogens is 3. The van der Waals surface area contributed by atoms with Crippen molar-refractivity contribution in [1.82, 2.24) is 14.6 Å². The molecule has 4 N–H and O–H groups in total. The van der Waals surface area contributed by atoms with Gasteiger partial charge in [0, 0.05) is 16.9 Å². The van der Waals surface area contributed by atoms with E-state index in [9.17, 15) is 10.1 Å². The van der Waals surface area contributed by atoms with Crippen LogP contribution in [0.3, 0.4) is 0 Å². The van der Waals surface area contributed by atoms with Crippen LogP contribution in [0.2, 0.25) is 0 Å². The molecule has 0 saturated carbocycles. The van der Waals surface area contributed by atoms with Crippen molar-refractivity contribution in [2.45, 2.75) is 6.92 Å². The molecule has 3 aromatic carbocycles. The number of nitrogens with one attached hydrogen (secondary N) is 2. The number of amides is 1. The standard InChI is InChI=1S/C28H23N7O2/c1-17-7-6-8-18(15-17)24-22(16-29)25(30)35-27(33-24)23(28(36)32-19-9-4-3-5-10-19)26(34-35)31-20-11-13-21(37-2)14-12-20/h3-15H,30H2,1-2H3,(H,31,34)(H,32,36). The highest BCUT2D eigenvalue weighted by atomic mass is 16.5. The van der Waals surface area contributed by atoms with Gasteiger partial charge in [0.15, 0.2) is 11.5 Å². The molecule has 0 atom stereocenters. The van der Waals surface area contributed by atoms with E-state index in [4.69, 9.17) is 15.5 Å². The van der Waals surface area contributed by atoms with Crippen molar-refractivity contribution in [1.29, 1.82) is 5.26 Å². The molecule has 0 bridgehead atoms. The highest BCUT2D eigenvalue weighted by molar-refractivity contribution is 6.12. The van der Waals surface area contributed by atoms with E-state index >= 15 is 0 Å². The van der Waals surface area contributed by atoms with Gasteiger partial charge in [0.2, 0.25) is 0 Å². The molecule has 9 nitrogen and oxygen atoms in total. The first kappa shape index (κ1) is 23.4. The Balaban J connectivity index is 1.71. The van der Waals surface area contributed by atoms with E-state index in [0.717, 1.165) is 5.56 Å². The first-order chi connectivity index (χ1) is 18.0. The van der Waals surface area contributed by atoms with Gasteiger partial charge in [-0.1, -0.05) is 42.0 Å². The van der Waals surface area contributed by atoms with Gasteiger partial charge in [-0.2, -0.15) is 9.78 Å². The zero-order valence-corrected chi connectivity index (χ0v) is 20.2. The monoisotopic (exact) mass is 489 g/mol. The molecule has 0 saturated heterocycles. The van der Waals surface area contributed by atoms with Crippen LogP contribution in [0, 0.1) is 18.3 Å². The van der Waals surface area contributed by atoms with Crippen molar-refractivity contribution in [3.63, 3.8) is 0 Å². The molecule has 0 spiro atoms. The van der Waals surface area contributed by atoms with Crippen LogP contribution < -0.4 is 21.1 Å². The predicted molar refractivity (Wildman–Crippen MR) is 143 cm³/mol. The normalized spacial score (nSPS) is 10.6. The summed E-state index contributed by atoms with van der Waals surface area (Å²) in [5.74, 6) is 0.586. The molecule has 0 aliphatic heterocycles. The number of rotatable bonds is 6. The first-order valence-corrected chi connectivity index (χ1v) is 11.5. The lowest BCUT2D eigenvalue weighted by Crippen LogP contribution is -2.14. The molecule has 0 unspecified atom stereocenters. The fourth-order valence-corrected chi connectivity index (χ4v) is 4.00. The number of carbonyl (C=O) groups is 1. The van der Waals surface area contributed by atoms with E-state index in [-0.39, 0.29) is 28.4 Å². The van der Waals surface area contributed by atoms with Crippen LogP contribution >= 0.6 is 0 Å². The number of hydrogen-bond acceptors (Lipinski definition) is 7. The largest absolute Gasteiger partial charge is 0.497 e. The van der Waals surface area contributed by atoms with Gasteiger partial charge in [0.05, 0.1) is 12.8 Å². The molecule has 37 heavy (non-hydrogen) atoms. The van der Waals surface area contributed by atoms with Crippen LogP contribution in [0.25, 0.3) is 16.9 Å². The number of benzene rings is 3. The Kier molecular flexibility index (Phi) is 6.14. The third kappa shape index (κ3) is 4.51. The number of para-hydroxylation sites is 1. The van der Waals surface area contributed by atoms with E-state index < -0.39 is 5.91 Å². The van der Waals surface area contributed by atoms with Crippen LogP contribution in [-0.2, 0) is 0 Å². The van der Waals surface area contributed by atoms with Gasteiger partial charge in [-0.15, -0.1) is 5.10 Å². The summed E-state index contributed by atoms with van der Waals surface area (Å²) in [4.78, 5) is 18.3. The molecule has 5 aromatic rings. The number of anilines is 4. The van der Waals surface area contributed by atoms with Crippen LogP contribution in [0.5, 0.6) is 5.75 Å². The molecule has 1 amide bonds. The third-order valence-corrected chi connectivity index (χ3v) is 5.81. The number of nitrogens with two attached hydrogens (primary N) is 1. The topological polar surface area (TPSA) is 130 Å². The predicted octanol–water partition coefficient (Wildman–Crippen LogP) is 5.16. The lowest BCUT2D eigenvalue weighted by atomic mass is 10.0. The highest BCUT2D eigenvalue weighted by Crippen LogP contribution is 2.32. The number of nitrogen functional groups attached to an aromatic ring is 1. The lowest BCUT2D eigenvalue weighted by molar-refractivity contribution is 0.102. The van der Waals surface area contributed by atoms with Gasteiger partial charge >= 0.3 is 0 Å². The van der Waals surface area contributed by atoms with E-state index in [2.05, 4.69) is 21.8 Å². The highest BCUT2D eigenvalue weighted by Gasteiger charge is 2.26. The Morgan fingerprint density at radius 3 is 2.46 bits per heavy atom. The number of nitrogens with zero attached hydrogens (tertiary/aromatic N) is 4. The minimum Gasteiger partial charge on any atom is -0.497 e. The number of aryl methyl sites for hydroxylation is 1. The van der Waals surface area contributed by atoms with Crippen LogP contribution in [0.1, 0.15) is 21.5 Å². The number of fused-ring (bicyclic) bond motifs is 1. The number of carbonyl (C=O) groups excluding carboxylic acids is 1. The van der Waals surface area contributed by atoms with Crippen molar-refractivity contribution in [2.75, 3.05) is 23.5 Å². The summed E-state index contributed by atoms with van der Waals surface area (Å²) in [5.41, 5.74) is 10.4. The second-order valence-corrected chi connectivity index (χ2v) is 8.33. The molecule has 5 rings (SSSR count). The van der Waals surface area contributed by atoms with Gasteiger partial charge in [0.1, 0.15) is 28.8 Å². The minimum atomic E-state index is -0.427. The summed E-state index contributed by atoms with van der Waals surface area (Å²) >= 11 is 0. The zero-order chi connectivity index (χ0) is 25.9. The summed E-state index contributed by atoms with van der Waals surface area (Å²) < 4.78 is 6.55. The Hall–Kier alpha value is -5.36. The van der Waals surface area contributed by atoms with Gasteiger partial charge in [-0.05, 0) is 49.4 Å². The van der Waals surface area contributed by atoms with Crippen molar-refractivity contribution in [3.05, 3.63) is 95.6 Å². The molecule has 2 aromatic heterocycles. The molecule has 0 aliphatic rings. The summed E-state index contributed by atoms with van der Waals surface area (Å²) in [6.45, 7) is 1.95. The Bertz CT molecular complexity index is 1650. The molecule has 2 heterocycles. The number of ether oxygens (including phenoxy) is 1. The molecule has 182 valence electrons. The smallest absolute Gasteiger partial charge is 0.263 e. The maximum Gasteiger partial charge on any atom is 0.263 e. The average molecular weight is 490 g/mol. The Morgan fingerprint density at radius 2 is 1.78 bits per heavy atom. The number of nitriles is 1. The van der Waals surface area contributed by atoms with Crippen LogP contribution in [-0.4, -0.2) is 27.6 Å². The second-order valence-electron chi connectivity index (χ2n) is 8.33. The van der Waals surface area contributed by atoms with Crippen molar-refractivity contribution in [2.24, 2.45) is 0 Å². The quantitative estimate of drug-likeness (QED) is 0.300. The maximum atomic E-state index is 13.6. The van der Waals surface area contributed by atoms with Crippen molar-refractivity contribution < 1.29 is 9.53 Å². The third-order valence-electron chi connectivity index (χ3n) is 5.81. The van der Waals surface area contributed by atoms with Gasteiger partial charge in [0.25, 0.3) is 5.91 Å². The van der Waals surface area contributed by atoms with E-state index in [1.807, 2.05) is 49.4 Å². The zero-order valence-electron chi connectivity index (χ0n) is 20.2. The Morgan fingerprint density at radius 1 is 1.03 bits per heavy atom. The summed E-state index contributed by atoms with van der Waals surface area (Å²) in [6, 6.07) is 26.0. The maximum absolute atomic E-state index is 13.6. The molecule has 0 fully saturated rings. The van der Waals surface area contributed by atoms with Gasteiger partial charge < -0.3 is 21.1 Å². The number of methoxy groups -OCH3 is 1. The molecular formula is C28H23N7O2. The SMILES string of the molecule is COc1ccc(Nc2nn3c(N)c(C#N)c(-c4cccc(C)c4)nc3c2C(=O)Nc2ccccc2)cc1. The summed E-state index contributed by atoms with van der Waals surface area (Å²) in [5, 5.41) is 20.6. The fraction of sp³-hybridized carbons (Fsp3) is 0.0714. The molecule has 9 heteroatoms.